The van der Waals surface area contributed by atoms with Crippen molar-refractivity contribution in [1.29, 1.82) is 0 Å². The summed E-state index contributed by atoms with van der Waals surface area (Å²) in [4.78, 5) is 25.4. The molecule has 0 amide bonds. The number of aliphatic hydroxyl groups is 1. The molecule has 0 bridgehead atoms. The number of rotatable bonds is 29. The van der Waals surface area contributed by atoms with Gasteiger partial charge in [-0.3, -0.25) is 9.59 Å². The zero-order chi connectivity index (χ0) is 28.8. The average Bonchev–Trinajstić information content (AvgIpc) is 2.92. The predicted molar refractivity (Wildman–Crippen MR) is 163 cm³/mol. The SMILES string of the molecule is CCCCC/C=C/CC(CCCCCC)COC(=O)C/C=C\CCN(CCCCO)CCCCCCC(=O)O. The fraction of sp³-hybridized carbons (Fsp3) is 0.818. The van der Waals surface area contributed by atoms with Crippen LogP contribution in [-0.2, 0) is 14.3 Å². The number of aliphatic carboxylic acids is 1. The standard InChI is InChI=1S/C33H61NO5/c1-3-5-7-9-10-15-23-31(22-14-8-6-4-2)30-39-33(38)25-17-13-19-27-34(28-20-21-29-35)26-18-12-11-16-24-32(36)37/h10,13,15,17,31,35H,3-9,11-12,14,16,18-30H2,1-2H3,(H,36,37)/b15-10+,17-13-. The number of aliphatic hydroxyl groups excluding tert-OH is 1. The van der Waals surface area contributed by atoms with Gasteiger partial charge >= 0.3 is 11.9 Å². The van der Waals surface area contributed by atoms with Crippen LogP contribution in [0, 0.1) is 5.92 Å². The molecule has 1 atom stereocenters. The highest BCUT2D eigenvalue weighted by Crippen LogP contribution is 2.17. The van der Waals surface area contributed by atoms with Gasteiger partial charge in [-0.2, -0.15) is 0 Å². The normalized spacial score (nSPS) is 12.6. The van der Waals surface area contributed by atoms with E-state index < -0.39 is 5.97 Å². The third kappa shape index (κ3) is 27.7. The molecule has 1 unspecified atom stereocenters. The fourth-order valence-corrected chi connectivity index (χ4v) is 4.62. The van der Waals surface area contributed by atoms with Crippen LogP contribution >= 0.6 is 0 Å². The molecule has 0 aromatic heterocycles. The first-order valence-corrected chi connectivity index (χ1v) is 16.0. The molecule has 6 heteroatoms. The largest absolute Gasteiger partial charge is 0.481 e. The minimum atomic E-state index is -0.719. The van der Waals surface area contributed by atoms with E-state index in [0.29, 0.717) is 18.9 Å². The van der Waals surface area contributed by atoms with Crippen LogP contribution < -0.4 is 0 Å². The van der Waals surface area contributed by atoms with E-state index in [1.807, 2.05) is 6.08 Å². The zero-order valence-electron chi connectivity index (χ0n) is 25.4. The van der Waals surface area contributed by atoms with Gasteiger partial charge < -0.3 is 19.8 Å². The van der Waals surface area contributed by atoms with Crippen LogP contribution in [-0.4, -0.2) is 59.9 Å². The van der Waals surface area contributed by atoms with Gasteiger partial charge in [0.15, 0.2) is 0 Å². The first-order valence-electron chi connectivity index (χ1n) is 16.0. The number of carboxylic acids is 1. The molecule has 0 aliphatic carbocycles. The van der Waals surface area contributed by atoms with Crippen molar-refractivity contribution in [2.24, 2.45) is 5.92 Å². The Labute approximate surface area is 240 Å². The van der Waals surface area contributed by atoms with Gasteiger partial charge in [-0.1, -0.05) is 89.5 Å². The molecule has 0 heterocycles. The lowest BCUT2D eigenvalue weighted by molar-refractivity contribution is -0.144. The Hall–Kier alpha value is -1.66. The minimum Gasteiger partial charge on any atom is -0.481 e. The lowest BCUT2D eigenvalue weighted by Gasteiger charge is -2.21. The number of carbonyl (C=O) groups is 2. The van der Waals surface area contributed by atoms with Gasteiger partial charge in [-0.25, -0.2) is 0 Å². The summed E-state index contributed by atoms with van der Waals surface area (Å²) in [6.45, 7) is 8.07. The third-order valence-electron chi connectivity index (χ3n) is 7.12. The van der Waals surface area contributed by atoms with Crippen molar-refractivity contribution >= 4 is 11.9 Å². The molecule has 39 heavy (non-hydrogen) atoms. The first kappa shape index (κ1) is 37.3. The Balaban J connectivity index is 4.34. The van der Waals surface area contributed by atoms with Crippen molar-refractivity contribution in [1.82, 2.24) is 4.90 Å². The molecule has 0 rings (SSSR count). The molecule has 0 saturated heterocycles. The van der Waals surface area contributed by atoms with Crippen LogP contribution in [0.4, 0.5) is 0 Å². The first-order chi connectivity index (χ1) is 19.0. The Kier molecular flexibility index (Phi) is 28.1. The van der Waals surface area contributed by atoms with Crippen LogP contribution in [0.5, 0.6) is 0 Å². The fourth-order valence-electron chi connectivity index (χ4n) is 4.62. The summed E-state index contributed by atoms with van der Waals surface area (Å²) in [6, 6.07) is 0. The number of ether oxygens (including phenoxy) is 1. The molecule has 0 radical (unpaired) electrons. The Bertz CT molecular complexity index is 619. The summed E-state index contributed by atoms with van der Waals surface area (Å²) in [6.07, 6.45) is 27.6. The van der Waals surface area contributed by atoms with Crippen LogP contribution in [0.15, 0.2) is 24.3 Å². The number of allylic oxidation sites excluding steroid dienone is 2. The van der Waals surface area contributed by atoms with Crippen LogP contribution in [0.1, 0.15) is 136 Å². The lowest BCUT2D eigenvalue weighted by Crippen LogP contribution is -2.27. The van der Waals surface area contributed by atoms with Crippen molar-refractivity contribution in [2.45, 2.75) is 136 Å². The van der Waals surface area contributed by atoms with Gasteiger partial charge in [-0.05, 0) is 76.8 Å². The number of unbranched alkanes of at least 4 members (excludes halogenated alkanes) is 10. The highest BCUT2D eigenvalue weighted by Gasteiger charge is 2.11. The number of hydrogen-bond acceptors (Lipinski definition) is 5. The van der Waals surface area contributed by atoms with E-state index in [4.69, 9.17) is 14.9 Å². The van der Waals surface area contributed by atoms with E-state index in [1.54, 1.807) is 0 Å². The molecule has 6 nitrogen and oxygen atoms in total. The zero-order valence-corrected chi connectivity index (χ0v) is 25.4. The van der Waals surface area contributed by atoms with Crippen LogP contribution in [0.25, 0.3) is 0 Å². The van der Waals surface area contributed by atoms with Crippen molar-refractivity contribution in [3.8, 4) is 0 Å². The molecule has 0 aliphatic heterocycles. The number of esters is 1. The smallest absolute Gasteiger partial charge is 0.309 e. The molecule has 0 aromatic rings. The molecular formula is C33H61NO5. The second kappa shape index (κ2) is 29.3. The monoisotopic (exact) mass is 551 g/mol. The molecule has 0 fully saturated rings. The van der Waals surface area contributed by atoms with Gasteiger partial charge in [0.05, 0.1) is 13.0 Å². The van der Waals surface area contributed by atoms with E-state index in [9.17, 15) is 9.59 Å². The molecule has 2 N–H and O–H groups in total. The molecule has 0 saturated carbocycles. The summed E-state index contributed by atoms with van der Waals surface area (Å²) in [5.41, 5.74) is 0. The van der Waals surface area contributed by atoms with E-state index in [-0.39, 0.29) is 19.0 Å². The molecule has 0 aromatic carbocycles. The topological polar surface area (TPSA) is 87.1 Å². The van der Waals surface area contributed by atoms with E-state index in [0.717, 1.165) is 83.8 Å². The molecule has 0 aliphatic rings. The van der Waals surface area contributed by atoms with Gasteiger partial charge in [0.25, 0.3) is 0 Å². The molecule has 0 spiro atoms. The molecule has 228 valence electrons. The average molecular weight is 552 g/mol. The minimum absolute atomic E-state index is 0.141. The van der Waals surface area contributed by atoms with Crippen LogP contribution in [0.3, 0.4) is 0 Å². The van der Waals surface area contributed by atoms with Gasteiger partial charge in [-0.15, -0.1) is 0 Å². The van der Waals surface area contributed by atoms with Crippen LogP contribution in [0.2, 0.25) is 0 Å². The lowest BCUT2D eigenvalue weighted by atomic mass is 9.97. The van der Waals surface area contributed by atoms with Crippen molar-refractivity contribution < 1.29 is 24.5 Å². The highest BCUT2D eigenvalue weighted by molar-refractivity contribution is 5.71. The van der Waals surface area contributed by atoms with Gasteiger partial charge in [0.1, 0.15) is 0 Å². The van der Waals surface area contributed by atoms with E-state index >= 15 is 0 Å². The third-order valence-corrected chi connectivity index (χ3v) is 7.12. The number of nitrogens with zero attached hydrogens (tertiary/aromatic N) is 1. The summed E-state index contributed by atoms with van der Waals surface area (Å²) >= 11 is 0. The number of hydrogen-bond donors (Lipinski definition) is 2. The molecular weight excluding hydrogens is 490 g/mol. The Morgan fingerprint density at radius 2 is 1.41 bits per heavy atom. The van der Waals surface area contributed by atoms with Crippen molar-refractivity contribution in [3.05, 3.63) is 24.3 Å². The van der Waals surface area contributed by atoms with Gasteiger partial charge in [0.2, 0.25) is 0 Å². The second-order valence-electron chi connectivity index (χ2n) is 10.9. The predicted octanol–water partition coefficient (Wildman–Crippen LogP) is 8.09. The number of carbonyl (C=O) groups excluding carboxylic acids is 1. The number of carboxylic acid groups (broad SMARTS) is 1. The van der Waals surface area contributed by atoms with E-state index in [1.165, 1.54) is 44.9 Å². The summed E-state index contributed by atoms with van der Waals surface area (Å²) < 4.78 is 5.66. The van der Waals surface area contributed by atoms with Gasteiger partial charge in [0, 0.05) is 19.6 Å². The maximum Gasteiger partial charge on any atom is 0.309 e. The van der Waals surface area contributed by atoms with Crippen molar-refractivity contribution in [2.75, 3.05) is 32.8 Å². The van der Waals surface area contributed by atoms with Crippen molar-refractivity contribution in [3.63, 3.8) is 0 Å². The highest BCUT2D eigenvalue weighted by atomic mass is 16.5. The summed E-state index contributed by atoms with van der Waals surface area (Å²) in [5.74, 6) is -0.449. The summed E-state index contributed by atoms with van der Waals surface area (Å²) in [7, 11) is 0. The Morgan fingerprint density at radius 3 is 2.13 bits per heavy atom. The summed E-state index contributed by atoms with van der Waals surface area (Å²) in [5, 5.41) is 17.8. The second-order valence-corrected chi connectivity index (χ2v) is 10.9. The van der Waals surface area contributed by atoms with E-state index in [2.05, 4.69) is 37.0 Å². The quantitative estimate of drug-likeness (QED) is 0.0555. The maximum atomic E-state index is 12.4. The maximum absolute atomic E-state index is 12.4. The Morgan fingerprint density at radius 1 is 0.744 bits per heavy atom.